The molecule has 1 aromatic carbocycles. The highest BCUT2D eigenvalue weighted by Crippen LogP contribution is 2.37. The Bertz CT molecular complexity index is 591. The predicted octanol–water partition coefficient (Wildman–Crippen LogP) is 3.23. The molecular formula is C14H14N2O2S. The van der Waals surface area contributed by atoms with Gasteiger partial charge in [0.25, 0.3) is 0 Å². The van der Waals surface area contributed by atoms with E-state index in [1.54, 1.807) is 0 Å². The zero-order chi connectivity index (χ0) is 13.3. The van der Waals surface area contributed by atoms with Gasteiger partial charge in [0.05, 0.1) is 5.69 Å². The van der Waals surface area contributed by atoms with Gasteiger partial charge in [-0.3, -0.25) is 0 Å². The van der Waals surface area contributed by atoms with Crippen molar-refractivity contribution in [3.63, 3.8) is 0 Å². The Morgan fingerprint density at radius 1 is 1.32 bits per heavy atom. The first-order chi connectivity index (χ1) is 9.20. The summed E-state index contributed by atoms with van der Waals surface area (Å²) >= 11 is 1.45. The zero-order valence-corrected chi connectivity index (χ0v) is 11.1. The number of carbonyl (C=O) groups is 1. The second-order valence-corrected chi connectivity index (χ2v) is 5.63. The van der Waals surface area contributed by atoms with Gasteiger partial charge in [0.15, 0.2) is 5.13 Å². The summed E-state index contributed by atoms with van der Waals surface area (Å²) in [5.41, 5.74) is 1.13. The Morgan fingerprint density at radius 2 is 2.05 bits per heavy atom. The molecule has 5 heteroatoms. The van der Waals surface area contributed by atoms with E-state index in [9.17, 15) is 9.90 Å². The van der Waals surface area contributed by atoms with E-state index in [0.29, 0.717) is 18.0 Å². The maximum absolute atomic E-state index is 11.3. The SMILES string of the molecule is O=C(O)C1(Nc2nc(-c3ccccc3)cs2)CCC1. The molecule has 4 nitrogen and oxygen atoms in total. The number of hydrogen-bond donors (Lipinski definition) is 2. The van der Waals surface area contributed by atoms with Crippen LogP contribution in [0.25, 0.3) is 11.3 Å². The summed E-state index contributed by atoms with van der Waals surface area (Å²) in [6.45, 7) is 0. The first kappa shape index (κ1) is 12.2. The fourth-order valence-electron chi connectivity index (χ4n) is 2.20. The first-order valence-corrected chi connectivity index (χ1v) is 7.10. The lowest BCUT2D eigenvalue weighted by Crippen LogP contribution is -2.52. The van der Waals surface area contributed by atoms with Crippen molar-refractivity contribution in [3.8, 4) is 11.3 Å². The molecule has 98 valence electrons. The average Bonchev–Trinajstić information content (AvgIpc) is 2.83. The van der Waals surface area contributed by atoms with E-state index >= 15 is 0 Å². The van der Waals surface area contributed by atoms with Crippen LogP contribution in [0.15, 0.2) is 35.7 Å². The molecule has 1 aliphatic carbocycles. The number of rotatable bonds is 4. The molecule has 0 amide bonds. The van der Waals surface area contributed by atoms with Crippen LogP contribution in [0.1, 0.15) is 19.3 Å². The van der Waals surface area contributed by atoms with Gasteiger partial charge >= 0.3 is 5.97 Å². The number of aromatic nitrogens is 1. The standard InChI is InChI=1S/C14H14N2O2S/c17-12(18)14(7-4-8-14)16-13-15-11(9-19-13)10-5-2-1-3-6-10/h1-3,5-6,9H,4,7-8H2,(H,15,16)(H,17,18). The van der Waals surface area contributed by atoms with Crippen LogP contribution in [0, 0.1) is 0 Å². The molecule has 0 radical (unpaired) electrons. The number of thiazole rings is 1. The van der Waals surface area contributed by atoms with Crippen molar-refractivity contribution in [2.45, 2.75) is 24.8 Å². The van der Waals surface area contributed by atoms with E-state index in [1.807, 2.05) is 35.7 Å². The number of nitrogens with zero attached hydrogens (tertiary/aromatic N) is 1. The van der Waals surface area contributed by atoms with Crippen molar-refractivity contribution in [2.75, 3.05) is 5.32 Å². The molecule has 0 spiro atoms. The van der Waals surface area contributed by atoms with Crippen molar-refractivity contribution in [1.29, 1.82) is 0 Å². The quantitative estimate of drug-likeness (QED) is 0.898. The molecule has 1 saturated carbocycles. The van der Waals surface area contributed by atoms with Gasteiger partial charge in [-0.05, 0) is 19.3 Å². The van der Waals surface area contributed by atoms with Crippen LogP contribution in [0.5, 0.6) is 0 Å². The summed E-state index contributed by atoms with van der Waals surface area (Å²) < 4.78 is 0. The predicted molar refractivity (Wildman–Crippen MR) is 75.4 cm³/mol. The lowest BCUT2D eigenvalue weighted by atomic mass is 9.77. The summed E-state index contributed by atoms with van der Waals surface area (Å²) in [7, 11) is 0. The molecule has 0 saturated heterocycles. The number of carboxylic acid groups (broad SMARTS) is 1. The topological polar surface area (TPSA) is 62.2 Å². The second-order valence-electron chi connectivity index (χ2n) is 4.77. The number of nitrogens with one attached hydrogen (secondary N) is 1. The van der Waals surface area contributed by atoms with Gasteiger partial charge in [-0.1, -0.05) is 30.3 Å². The summed E-state index contributed by atoms with van der Waals surface area (Å²) in [5, 5.41) is 15.0. The Hall–Kier alpha value is -1.88. The molecule has 0 unspecified atom stereocenters. The van der Waals surface area contributed by atoms with Crippen molar-refractivity contribution in [3.05, 3.63) is 35.7 Å². The third kappa shape index (κ3) is 2.21. The van der Waals surface area contributed by atoms with Crippen molar-refractivity contribution < 1.29 is 9.90 Å². The first-order valence-electron chi connectivity index (χ1n) is 6.22. The maximum Gasteiger partial charge on any atom is 0.329 e. The highest BCUT2D eigenvalue weighted by Gasteiger charge is 2.45. The lowest BCUT2D eigenvalue weighted by molar-refractivity contribution is -0.145. The van der Waals surface area contributed by atoms with Crippen LogP contribution in [-0.4, -0.2) is 21.6 Å². The molecular weight excluding hydrogens is 260 g/mol. The van der Waals surface area contributed by atoms with Crippen LogP contribution in [0.2, 0.25) is 0 Å². The summed E-state index contributed by atoms with van der Waals surface area (Å²) in [6.07, 6.45) is 2.29. The number of anilines is 1. The number of aliphatic carboxylic acids is 1. The molecule has 19 heavy (non-hydrogen) atoms. The number of benzene rings is 1. The van der Waals surface area contributed by atoms with E-state index in [2.05, 4.69) is 10.3 Å². The van der Waals surface area contributed by atoms with E-state index in [4.69, 9.17) is 0 Å². The average molecular weight is 274 g/mol. The Kier molecular flexibility index (Phi) is 2.98. The Balaban J connectivity index is 1.81. The molecule has 1 aliphatic rings. The molecule has 3 rings (SSSR count). The van der Waals surface area contributed by atoms with Crippen LogP contribution in [0.4, 0.5) is 5.13 Å². The maximum atomic E-state index is 11.3. The number of carboxylic acids is 1. The third-order valence-corrected chi connectivity index (χ3v) is 4.29. The molecule has 1 aromatic heterocycles. The van der Waals surface area contributed by atoms with Gasteiger partial charge in [-0.15, -0.1) is 11.3 Å². The van der Waals surface area contributed by atoms with Gasteiger partial charge in [0.1, 0.15) is 5.54 Å². The second kappa shape index (κ2) is 4.66. The molecule has 0 atom stereocenters. The lowest BCUT2D eigenvalue weighted by Gasteiger charge is -2.38. The van der Waals surface area contributed by atoms with Gasteiger partial charge < -0.3 is 10.4 Å². The molecule has 0 bridgehead atoms. The molecule has 1 heterocycles. The minimum absolute atomic E-state index is 0.669. The largest absolute Gasteiger partial charge is 0.480 e. The fourth-order valence-corrected chi connectivity index (χ4v) is 3.02. The van der Waals surface area contributed by atoms with Crippen molar-refractivity contribution in [1.82, 2.24) is 4.98 Å². The summed E-state index contributed by atoms with van der Waals surface area (Å²) in [6, 6.07) is 9.88. The number of hydrogen-bond acceptors (Lipinski definition) is 4. The molecule has 0 aliphatic heterocycles. The molecule has 2 aromatic rings. The zero-order valence-electron chi connectivity index (χ0n) is 10.3. The van der Waals surface area contributed by atoms with Crippen LogP contribution in [0.3, 0.4) is 0 Å². The summed E-state index contributed by atoms with van der Waals surface area (Å²) in [5.74, 6) is -0.782. The van der Waals surface area contributed by atoms with E-state index < -0.39 is 11.5 Å². The van der Waals surface area contributed by atoms with Gasteiger partial charge in [-0.2, -0.15) is 0 Å². The van der Waals surface area contributed by atoms with E-state index in [-0.39, 0.29) is 0 Å². The minimum atomic E-state index is -0.800. The monoisotopic (exact) mass is 274 g/mol. The smallest absolute Gasteiger partial charge is 0.329 e. The van der Waals surface area contributed by atoms with Crippen LogP contribution in [-0.2, 0) is 4.79 Å². The molecule has 1 fully saturated rings. The summed E-state index contributed by atoms with van der Waals surface area (Å²) in [4.78, 5) is 15.8. The van der Waals surface area contributed by atoms with Crippen molar-refractivity contribution in [2.24, 2.45) is 0 Å². The Morgan fingerprint density at radius 3 is 2.63 bits per heavy atom. The van der Waals surface area contributed by atoms with E-state index in [0.717, 1.165) is 17.7 Å². The van der Waals surface area contributed by atoms with Gasteiger partial charge in [0.2, 0.25) is 0 Å². The Labute approximate surface area is 115 Å². The fraction of sp³-hybridized carbons (Fsp3) is 0.286. The van der Waals surface area contributed by atoms with Crippen LogP contribution < -0.4 is 5.32 Å². The minimum Gasteiger partial charge on any atom is -0.480 e. The molecule has 2 N–H and O–H groups in total. The van der Waals surface area contributed by atoms with Crippen LogP contribution >= 0.6 is 11.3 Å². The normalized spacial score (nSPS) is 16.6. The van der Waals surface area contributed by atoms with E-state index in [1.165, 1.54) is 11.3 Å². The van der Waals surface area contributed by atoms with Gasteiger partial charge in [-0.25, -0.2) is 9.78 Å². The highest BCUT2D eigenvalue weighted by atomic mass is 32.1. The van der Waals surface area contributed by atoms with Crippen molar-refractivity contribution >= 4 is 22.4 Å². The van der Waals surface area contributed by atoms with Gasteiger partial charge in [0, 0.05) is 10.9 Å². The third-order valence-electron chi connectivity index (χ3n) is 3.54. The highest BCUT2D eigenvalue weighted by molar-refractivity contribution is 7.14.